The van der Waals surface area contributed by atoms with E-state index in [0.29, 0.717) is 23.9 Å². The maximum absolute atomic E-state index is 11.7. The highest BCUT2D eigenvalue weighted by molar-refractivity contribution is 6.32. The van der Waals surface area contributed by atoms with E-state index in [1.807, 2.05) is 20.0 Å². The van der Waals surface area contributed by atoms with Crippen molar-refractivity contribution < 1.29 is 9.53 Å². The van der Waals surface area contributed by atoms with Crippen molar-refractivity contribution >= 4 is 29.9 Å². The Morgan fingerprint density at radius 3 is 2.68 bits per heavy atom. The van der Waals surface area contributed by atoms with Crippen LogP contribution >= 0.6 is 24.0 Å². The van der Waals surface area contributed by atoms with Gasteiger partial charge < -0.3 is 15.4 Å². The molecule has 0 heterocycles. The normalized spacial score (nSPS) is 11.4. The predicted octanol–water partition coefficient (Wildman–Crippen LogP) is 2.24. The number of methoxy groups -OCH3 is 1. The molecule has 1 rings (SSSR count). The predicted molar refractivity (Wildman–Crippen MR) is 80.2 cm³/mol. The lowest BCUT2D eigenvalue weighted by molar-refractivity contribution is -0.124. The van der Waals surface area contributed by atoms with Crippen molar-refractivity contribution in [2.75, 3.05) is 20.7 Å². The van der Waals surface area contributed by atoms with Gasteiger partial charge in [-0.15, -0.1) is 12.4 Å². The van der Waals surface area contributed by atoms with Crippen LogP contribution in [0.2, 0.25) is 5.02 Å². The zero-order valence-corrected chi connectivity index (χ0v) is 12.9. The molecule has 1 aromatic carbocycles. The number of hydrogen-bond acceptors (Lipinski definition) is 3. The van der Waals surface area contributed by atoms with E-state index < -0.39 is 0 Å². The van der Waals surface area contributed by atoms with E-state index in [1.54, 1.807) is 19.2 Å². The summed E-state index contributed by atoms with van der Waals surface area (Å²) < 4.78 is 5.07. The Morgan fingerprint density at radius 1 is 1.47 bits per heavy atom. The molecular formula is C13H20Cl2N2O2. The van der Waals surface area contributed by atoms with Crippen LogP contribution in [0.3, 0.4) is 0 Å². The molecule has 0 aliphatic rings. The van der Waals surface area contributed by atoms with Gasteiger partial charge in [-0.3, -0.25) is 4.79 Å². The quantitative estimate of drug-likeness (QED) is 0.847. The molecule has 0 aliphatic carbocycles. The molecule has 0 radical (unpaired) electrons. The molecule has 0 saturated carbocycles. The monoisotopic (exact) mass is 306 g/mol. The Labute approximate surface area is 125 Å². The summed E-state index contributed by atoms with van der Waals surface area (Å²) in [5.74, 6) is 0.607. The van der Waals surface area contributed by atoms with E-state index >= 15 is 0 Å². The summed E-state index contributed by atoms with van der Waals surface area (Å²) in [6.45, 7) is 3.01. The summed E-state index contributed by atoms with van der Waals surface area (Å²) in [6, 6.07) is 5.47. The van der Waals surface area contributed by atoms with Crippen molar-refractivity contribution in [2.45, 2.75) is 13.5 Å². The molecule has 0 aliphatic heterocycles. The highest BCUT2D eigenvalue weighted by Crippen LogP contribution is 2.24. The number of amides is 1. The highest BCUT2D eigenvalue weighted by Gasteiger charge is 2.11. The first-order chi connectivity index (χ1) is 8.58. The van der Waals surface area contributed by atoms with Crippen molar-refractivity contribution in [2.24, 2.45) is 5.92 Å². The number of halogens is 2. The maximum atomic E-state index is 11.7. The number of rotatable bonds is 6. The fraction of sp³-hybridized carbons (Fsp3) is 0.462. The minimum Gasteiger partial charge on any atom is -0.495 e. The Balaban J connectivity index is 0.00000324. The van der Waals surface area contributed by atoms with Crippen LogP contribution in [0.25, 0.3) is 0 Å². The van der Waals surface area contributed by atoms with E-state index in [-0.39, 0.29) is 24.2 Å². The molecular weight excluding hydrogens is 287 g/mol. The van der Waals surface area contributed by atoms with Crippen molar-refractivity contribution in [1.29, 1.82) is 0 Å². The second-order valence-electron chi connectivity index (χ2n) is 4.15. The molecule has 4 nitrogen and oxygen atoms in total. The van der Waals surface area contributed by atoms with Crippen LogP contribution in [0, 0.1) is 5.92 Å². The third kappa shape index (κ3) is 5.68. The van der Waals surface area contributed by atoms with Gasteiger partial charge >= 0.3 is 0 Å². The van der Waals surface area contributed by atoms with Crippen molar-refractivity contribution in [3.63, 3.8) is 0 Å². The summed E-state index contributed by atoms with van der Waals surface area (Å²) in [6.07, 6.45) is 0. The van der Waals surface area contributed by atoms with Crippen molar-refractivity contribution in [1.82, 2.24) is 10.6 Å². The Bertz CT molecular complexity index is 414. The van der Waals surface area contributed by atoms with Crippen LogP contribution in [0.1, 0.15) is 12.5 Å². The van der Waals surface area contributed by atoms with E-state index in [4.69, 9.17) is 16.3 Å². The zero-order valence-electron chi connectivity index (χ0n) is 11.3. The van der Waals surface area contributed by atoms with Crippen LogP contribution in [-0.4, -0.2) is 26.6 Å². The van der Waals surface area contributed by atoms with Gasteiger partial charge in [0, 0.05) is 19.0 Å². The molecule has 1 aromatic rings. The van der Waals surface area contributed by atoms with Crippen molar-refractivity contribution in [3.05, 3.63) is 28.8 Å². The third-order valence-electron chi connectivity index (χ3n) is 2.64. The first-order valence-corrected chi connectivity index (χ1v) is 6.21. The summed E-state index contributed by atoms with van der Waals surface area (Å²) >= 11 is 6.01. The molecule has 0 fully saturated rings. The Morgan fingerprint density at radius 2 is 2.16 bits per heavy atom. The summed E-state index contributed by atoms with van der Waals surface area (Å²) in [4.78, 5) is 11.7. The zero-order chi connectivity index (χ0) is 13.5. The topological polar surface area (TPSA) is 50.4 Å². The molecule has 2 N–H and O–H groups in total. The standard InChI is InChI=1S/C13H19ClN2O2.ClH/c1-9(7-15-2)13(17)16-8-10-4-5-12(18-3)11(14)6-10;/h4-6,9,15H,7-8H2,1-3H3,(H,16,17);1H. The van der Waals surface area contributed by atoms with Gasteiger partial charge in [-0.25, -0.2) is 0 Å². The smallest absolute Gasteiger partial charge is 0.224 e. The fourth-order valence-electron chi connectivity index (χ4n) is 1.58. The SMILES string of the molecule is CNCC(C)C(=O)NCc1ccc(OC)c(Cl)c1.Cl. The highest BCUT2D eigenvalue weighted by atomic mass is 35.5. The van der Waals surface area contributed by atoms with E-state index in [1.165, 1.54) is 0 Å². The molecule has 19 heavy (non-hydrogen) atoms. The van der Waals surface area contributed by atoms with Gasteiger partial charge in [-0.2, -0.15) is 0 Å². The average Bonchev–Trinajstić information content (AvgIpc) is 2.36. The largest absolute Gasteiger partial charge is 0.495 e. The average molecular weight is 307 g/mol. The van der Waals surface area contributed by atoms with Crippen LogP contribution in [0.5, 0.6) is 5.75 Å². The number of carbonyl (C=O) groups excluding carboxylic acids is 1. The number of nitrogens with one attached hydrogen (secondary N) is 2. The molecule has 1 unspecified atom stereocenters. The van der Waals surface area contributed by atoms with Gasteiger partial charge in [0.15, 0.2) is 0 Å². The van der Waals surface area contributed by atoms with Crippen LogP contribution in [0.15, 0.2) is 18.2 Å². The maximum Gasteiger partial charge on any atom is 0.224 e. The first-order valence-electron chi connectivity index (χ1n) is 5.83. The second-order valence-corrected chi connectivity index (χ2v) is 4.55. The lowest BCUT2D eigenvalue weighted by Crippen LogP contribution is -2.33. The van der Waals surface area contributed by atoms with Gasteiger partial charge in [0.2, 0.25) is 5.91 Å². The first kappa shape index (κ1) is 18.0. The number of benzene rings is 1. The van der Waals surface area contributed by atoms with E-state index in [9.17, 15) is 4.79 Å². The van der Waals surface area contributed by atoms with Gasteiger partial charge in [-0.1, -0.05) is 24.6 Å². The van der Waals surface area contributed by atoms with Gasteiger partial charge in [-0.05, 0) is 24.7 Å². The molecule has 1 atom stereocenters. The molecule has 0 bridgehead atoms. The Hall–Kier alpha value is -0.970. The third-order valence-corrected chi connectivity index (χ3v) is 2.94. The number of ether oxygens (including phenoxy) is 1. The number of hydrogen-bond donors (Lipinski definition) is 2. The minimum atomic E-state index is -0.0521. The lowest BCUT2D eigenvalue weighted by Gasteiger charge is -2.12. The molecule has 0 aromatic heterocycles. The molecule has 108 valence electrons. The molecule has 0 spiro atoms. The van der Waals surface area contributed by atoms with Gasteiger partial charge in [0.05, 0.1) is 12.1 Å². The minimum absolute atomic E-state index is 0. The summed E-state index contributed by atoms with van der Waals surface area (Å²) in [5, 5.41) is 6.39. The summed E-state index contributed by atoms with van der Waals surface area (Å²) in [7, 11) is 3.40. The van der Waals surface area contributed by atoms with Crippen LogP contribution in [0.4, 0.5) is 0 Å². The Kier molecular flexibility index (Phi) is 8.56. The molecule has 0 saturated heterocycles. The molecule has 6 heteroatoms. The summed E-state index contributed by atoms with van der Waals surface area (Å²) in [5.41, 5.74) is 0.950. The van der Waals surface area contributed by atoms with E-state index in [2.05, 4.69) is 10.6 Å². The van der Waals surface area contributed by atoms with Crippen LogP contribution in [-0.2, 0) is 11.3 Å². The fourth-order valence-corrected chi connectivity index (χ4v) is 1.86. The second kappa shape index (κ2) is 9.02. The number of carbonyl (C=O) groups is 1. The lowest BCUT2D eigenvalue weighted by atomic mass is 10.1. The van der Waals surface area contributed by atoms with Gasteiger partial charge in [0.1, 0.15) is 5.75 Å². The van der Waals surface area contributed by atoms with Gasteiger partial charge in [0.25, 0.3) is 0 Å². The van der Waals surface area contributed by atoms with E-state index in [0.717, 1.165) is 5.56 Å². The molecule has 1 amide bonds. The van der Waals surface area contributed by atoms with Crippen LogP contribution < -0.4 is 15.4 Å². The van der Waals surface area contributed by atoms with Crippen molar-refractivity contribution in [3.8, 4) is 5.75 Å².